The first-order valence-corrected chi connectivity index (χ1v) is 10.4. The number of nitrogens with zero attached hydrogens (tertiary/aromatic N) is 1. The van der Waals surface area contributed by atoms with Gasteiger partial charge in [-0.2, -0.15) is 5.26 Å². The van der Waals surface area contributed by atoms with E-state index in [-0.39, 0.29) is 25.4 Å². The van der Waals surface area contributed by atoms with Crippen molar-refractivity contribution in [1.29, 1.82) is 5.26 Å². The van der Waals surface area contributed by atoms with Gasteiger partial charge >= 0.3 is 12.1 Å². The van der Waals surface area contributed by atoms with Crippen LogP contribution < -0.4 is 10.6 Å². The van der Waals surface area contributed by atoms with E-state index in [4.69, 9.17) is 15.1 Å². The molecule has 0 aromatic heterocycles. The van der Waals surface area contributed by atoms with Gasteiger partial charge in [-0.3, -0.25) is 9.59 Å². The fourth-order valence-electron chi connectivity index (χ4n) is 3.81. The van der Waals surface area contributed by atoms with E-state index in [9.17, 15) is 14.4 Å². The second kappa shape index (κ2) is 10.4. The third-order valence-corrected chi connectivity index (χ3v) is 5.46. The first-order valence-electron chi connectivity index (χ1n) is 10.4. The van der Waals surface area contributed by atoms with E-state index in [1.54, 1.807) is 0 Å². The molecule has 2 aromatic carbocycles. The number of alkyl carbamates (subject to hydrolysis) is 1. The van der Waals surface area contributed by atoms with E-state index in [1.165, 1.54) is 6.92 Å². The molecule has 2 aromatic rings. The molecule has 1 aliphatic carbocycles. The number of carbonyl (C=O) groups excluding carboxylic acids is 2. The van der Waals surface area contributed by atoms with Crippen molar-refractivity contribution in [3.05, 3.63) is 59.7 Å². The van der Waals surface area contributed by atoms with Gasteiger partial charge in [-0.05, 0) is 42.0 Å². The summed E-state index contributed by atoms with van der Waals surface area (Å²) in [4.78, 5) is 36.0. The molecule has 166 valence electrons. The number of nitriles is 1. The summed E-state index contributed by atoms with van der Waals surface area (Å²) in [5.41, 5.74) is 4.35. The molecular weight excluding hydrogens is 410 g/mol. The van der Waals surface area contributed by atoms with Crippen molar-refractivity contribution >= 4 is 18.0 Å². The summed E-state index contributed by atoms with van der Waals surface area (Å²) in [7, 11) is 0. The van der Waals surface area contributed by atoms with Crippen LogP contribution in [-0.2, 0) is 14.3 Å². The number of rotatable bonds is 9. The number of nitrogens with one attached hydrogen (secondary N) is 2. The predicted octanol–water partition coefficient (Wildman–Crippen LogP) is 3.18. The van der Waals surface area contributed by atoms with Crippen LogP contribution in [0, 0.1) is 11.3 Å². The van der Waals surface area contributed by atoms with E-state index >= 15 is 0 Å². The molecule has 0 heterocycles. The van der Waals surface area contributed by atoms with Gasteiger partial charge in [0, 0.05) is 12.3 Å². The Morgan fingerprint density at radius 2 is 1.66 bits per heavy atom. The highest BCUT2D eigenvalue weighted by atomic mass is 16.5. The number of ether oxygens (including phenoxy) is 1. The number of carboxylic acid groups (broad SMARTS) is 1. The van der Waals surface area contributed by atoms with Crippen molar-refractivity contribution in [3.63, 3.8) is 0 Å². The number of fused-ring (bicyclic) bond motifs is 3. The number of carbonyl (C=O) groups is 3. The third-order valence-electron chi connectivity index (χ3n) is 5.46. The van der Waals surface area contributed by atoms with Gasteiger partial charge < -0.3 is 20.5 Å². The molecule has 3 rings (SSSR count). The van der Waals surface area contributed by atoms with E-state index in [0.29, 0.717) is 6.42 Å². The number of unbranched alkanes of at least 4 members (excludes halogenated alkanes) is 1. The minimum absolute atomic E-state index is 0.0952. The second-order valence-electron chi connectivity index (χ2n) is 7.64. The standard InChI is InChI=1S/C24H25N3O5/c1-15(23(29)30)26-22(28)21(12-6-7-13-25)27-24(31)32-14-20-18-10-4-2-8-16(18)17-9-3-5-11-19(17)20/h2-5,8-11,15,20-21H,6-7,12,14H2,1H3,(H,26,28)(H,27,31)(H,29,30)/t15-,21?/m1/s1. The zero-order valence-corrected chi connectivity index (χ0v) is 17.7. The largest absolute Gasteiger partial charge is 0.480 e. The summed E-state index contributed by atoms with van der Waals surface area (Å²) >= 11 is 0. The predicted molar refractivity (Wildman–Crippen MR) is 117 cm³/mol. The number of benzene rings is 2. The number of aliphatic carboxylic acids is 1. The van der Waals surface area contributed by atoms with Gasteiger partial charge in [-0.1, -0.05) is 48.5 Å². The molecule has 0 aliphatic heterocycles. The zero-order valence-electron chi connectivity index (χ0n) is 17.7. The summed E-state index contributed by atoms with van der Waals surface area (Å²) in [6.07, 6.45) is 0.00669. The molecule has 0 spiro atoms. The summed E-state index contributed by atoms with van der Waals surface area (Å²) in [6.45, 7) is 1.43. The van der Waals surface area contributed by atoms with E-state index in [1.807, 2.05) is 54.6 Å². The van der Waals surface area contributed by atoms with Crippen molar-refractivity contribution in [1.82, 2.24) is 10.6 Å². The number of carboxylic acids is 1. The molecule has 0 radical (unpaired) electrons. The maximum Gasteiger partial charge on any atom is 0.407 e. The molecule has 1 aliphatic rings. The molecule has 0 bridgehead atoms. The van der Waals surface area contributed by atoms with Crippen LogP contribution in [-0.4, -0.2) is 41.8 Å². The maximum atomic E-state index is 12.5. The van der Waals surface area contributed by atoms with Gasteiger partial charge in [0.25, 0.3) is 0 Å². The fourth-order valence-corrected chi connectivity index (χ4v) is 3.81. The molecule has 0 saturated heterocycles. The Morgan fingerprint density at radius 3 is 2.22 bits per heavy atom. The molecule has 2 amide bonds. The van der Waals surface area contributed by atoms with Crippen molar-refractivity contribution in [2.45, 2.75) is 44.2 Å². The first kappa shape index (κ1) is 22.8. The monoisotopic (exact) mass is 435 g/mol. The summed E-state index contributed by atoms with van der Waals surface area (Å²) in [5.74, 6) is -1.94. The smallest absolute Gasteiger partial charge is 0.407 e. The van der Waals surface area contributed by atoms with Crippen LogP contribution in [0.15, 0.2) is 48.5 Å². The van der Waals surface area contributed by atoms with Crippen LogP contribution in [0.2, 0.25) is 0 Å². The molecule has 32 heavy (non-hydrogen) atoms. The van der Waals surface area contributed by atoms with Gasteiger partial charge in [0.15, 0.2) is 0 Å². The highest BCUT2D eigenvalue weighted by molar-refractivity contribution is 5.89. The van der Waals surface area contributed by atoms with Crippen LogP contribution in [0.25, 0.3) is 11.1 Å². The van der Waals surface area contributed by atoms with Crippen LogP contribution in [0.5, 0.6) is 0 Å². The van der Waals surface area contributed by atoms with Gasteiger partial charge in [0.05, 0.1) is 6.07 Å². The normalized spacial score (nSPS) is 13.8. The maximum absolute atomic E-state index is 12.5. The van der Waals surface area contributed by atoms with Gasteiger partial charge in [0.1, 0.15) is 18.7 Å². The quantitative estimate of drug-likeness (QED) is 0.519. The molecular formula is C24H25N3O5. The summed E-state index contributed by atoms with van der Waals surface area (Å²) in [6, 6.07) is 15.8. The van der Waals surface area contributed by atoms with Crippen LogP contribution in [0.1, 0.15) is 43.2 Å². The molecule has 3 N–H and O–H groups in total. The molecule has 0 saturated carbocycles. The Kier molecular flexibility index (Phi) is 7.45. The lowest BCUT2D eigenvalue weighted by atomic mass is 9.98. The number of amides is 2. The minimum atomic E-state index is -1.18. The van der Waals surface area contributed by atoms with Gasteiger partial charge in [0.2, 0.25) is 5.91 Å². The van der Waals surface area contributed by atoms with E-state index in [2.05, 4.69) is 10.6 Å². The van der Waals surface area contributed by atoms with Crippen molar-refractivity contribution < 1.29 is 24.2 Å². The average molecular weight is 435 g/mol. The van der Waals surface area contributed by atoms with Gasteiger partial charge in [-0.15, -0.1) is 0 Å². The SMILES string of the molecule is C[C@@H](NC(=O)C(CCCC#N)NC(=O)OCC1c2ccccc2-c2ccccc21)C(=O)O. The lowest BCUT2D eigenvalue weighted by Crippen LogP contribution is -2.50. The van der Waals surface area contributed by atoms with Crippen molar-refractivity contribution in [3.8, 4) is 17.2 Å². The van der Waals surface area contributed by atoms with Crippen molar-refractivity contribution in [2.75, 3.05) is 6.61 Å². The Hall–Kier alpha value is -3.86. The highest BCUT2D eigenvalue weighted by Crippen LogP contribution is 2.44. The average Bonchev–Trinajstić information content (AvgIpc) is 3.10. The zero-order chi connectivity index (χ0) is 23.1. The van der Waals surface area contributed by atoms with E-state index in [0.717, 1.165) is 22.3 Å². The van der Waals surface area contributed by atoms with E-state index < -0.39 is 30.1 Å². The fraction of sp³-hybridized carbons (Fsp3) is 0.333. The number of hydrogen-bond acceptors (Lipinski definition) is 5. The lowest BCUT2D eigenvalue weighted by molar-refractivity contribution is -0.141. The van der Waals surface area contributed by atoms with Crippen LogP contribution >= 0.6 is 0 Å². The molecule has 1 unspecified atom stereocenters. The van der Waals surface area contributed by atoms with Gasteiger partial charge in [-0.25, -0.2) is 4.79 Å². The lowest BCUT2D eigenvalue weighted by Gasteiger charge is -2.20. The second-order valence-corrected chi connectivity index (χ2v) is 7.64. The molecule has 8 heteroatoms. The Bertz CT molecular complexity index is 1000. The summed E-state index contributed by atoms with van der Waals surface area (Å²) in [5, 5.41) is 22.6. The third kappa shape index (κ3) is 5.24. The molecule has 2 atom stereocenters. The van der Waals surface area contributed by atoms with Crippen LogP contribution in [0.3, 0.4) is 0 Å². The first-order chi connectivity index (χ1) is 15.4. The van der Waals surface area contributed by atoms with Crippen molar-refractivity contribution in [2.24, 2.45) is 0 Å². The minimum Gasteiger partial charge on any atom is -0.480 e. The number of hydrogen-bond donors (Lipinski definition) is 3. The molecule has 8 nitrogen and oxygen atoms in total. The topological polar surface area (TPSA) is 129 Å². The summed E-state index contributed by atoms with van der Waals surface area (Å²) < 4.78 is 5.47. The highest BCUT2D eigenvalue weighted by Gasteiger charge is 2.30. The Morgan fingerprint density at radius 1 is 1.06 bits per heavy atom. The van der Waals surface area contributed by atoms with Crippen LogP contribution in [0.4, 0.5) is 4.79 Å². The molecule has 0 fully saturated rings. The Labute approximate surface area is 186 Å². The Balaban J connectivity index is 1.65.